The standard InChI is InChI=1S/C15H15N3O3/c1-9-6-7-10-4-2-3-5-11(10)12(9)8-18-15(21)16-13(19)14(20)17-18/h2-7,14,17,20H,8H2,1H3,(H,16,19,21). The van der Waals surface area contributed by atoms with Crippen molar-refractivity contribution < 1.29 is 14.7 Å². The molecular weight excluding hydrogens is 270 g/mol. The highest BCUT2D eigenvalue weighted by Crippen LogP contribution is 2.23. The molecule has 6 heteroatoms. The first-order chi connectivity index (χ1) is 10.1. The van der Waals surface area contributed by atoms with Crippen LogP contribution in [0.2, 0.25) is 0 Å². The van der Waals surface area contributed by atoms with Crippen molar-refractivity contribution >= 4 is 22.7 Å². The van der Waals surface area contributed by atoms with Gasteiger partial charge in [0.25, 0.3) is 5.91 Å². The molecule has 2 aromatic carbocycles. The summed E-state index contributed by atoms with van der Waals surface area (Å²) in [5.74, 6) is -0.745. The maximum atomic E-state index is 11.8. The smallest absolute Gasteiger partial charge is 0.338 e. The second-order valence-electron chi connectivity index (χ2n) is 4.99. The van der Waals surface area contributed by atoms with Gasteiger partial charge in [0.1, 0.15) is 0 Å². The van der Waals surface area contributed by atoms with Crippen molar-refractivity contribution in [3.05, 3.63) is 47.5 Å². The molecule has 1 aliphatic heterocycles. The number of hydrogen-bond acceptors (Lipinski definition) is 4. The zero-order valence-corrected chi connectivity index (χ0v) is 11.5. The molecule has 0 bridgehead atoms. The van der Waals surface area contributed by atoms with Crippen molar-refractivity contribution in [2.45, 2.75) is 19.7 Å². The Morgan fingerprint density at radius 1 is 1.19 bits per heavy atom. The summed E-state index contributed by atoms with van der Waals surface area (Å²) in [6.07, 6.45) is -1.42. The maximum absolute atomic E-state index is 11.8. The summed E-state index contributed by atoms with van der Waals surface area (Å²) >= 11 is 0. The molecule has 3 amide bonds. The van der Waals surface area contributed by atoms with Gasteiger partial charge in [-0.25, -0.2) is 4.79 Å². The Morgan fingerprint density at radius 3 is 2.76 bits per heavy atom. The maximum Gasteiger partial charge on any atom is 0.338 e. The van der Waals surface area contributed by atoms with E-state index in [0.717, 1.165) is 21.9 Å². The van der Waals surface area contributed by atoms with Crippen molar-refractivity contribution in [3.63, 3.8) is 0 Å². The number of imide groups is 1. The SMILES string of the molecule is Cc1ccc2ccccc2c1CN1NC(O)C(=O)NC1=O. The first-order valence-corrected chi connectivity index (χ1v) is 6.60. The van der Waals surface area contributed by atoms with Crippen molar-refractivity contribution in [2.75, 3.05) is 0 Å². The number of amides is 3. The molecule has 6 nitrogen and oxygen atoms in total. The Bertz CT molecular complexity index is 729. The van der Waals surface area contributed by atoms with Crippen LogP contribution in [0.4, 0.5) is 4.79 Å². The van der Waals surface area contributed by atoms with E-state index in [9.17, 15) is 14.7 Å². The molecule has 0 aromatic heterocycles. The fourth-order valence-corrected chi connectivity index (χ4v) is 2.44. The average Bonchev–Trinajstić information content (AvgIpc) is 2.47. The largest absolute Gasteiger partial charge is 0.369 e. The molecule has 3 rings (SSSR count). The molecule has 2 aromatic rings. The first-order valence-electron chi connectivity index (χ1n) is 6.60. The normalized spacial score (nSPS) is 19.0. The topological polar surface area (TPSA) is 81.7 Å². The predicted octanol–water partition coefficient (Wildman–Crippen LogP) is 1.02. The summed E-state index contributed by atoms with van der Waals surface area (Å²) in [7, 11) is 0. The number of carbonyl (C=O) groups excluding carboxylic acids is 2. The highest BCUT2D eigenvalue weighted by atomic mass is 16.3. The minimum atomic E-state index is -1.42. The minimum absolute atomic E-state index is 0.253. The fourth-order valence-electron chi connectivity index (χ4n) is 2.44. The molecule has 1 atom stereocenters. The van der Waals surface area contributed by atoms with Crippen molar-refractivity contribution in [3.8, 4) is 0 Å². The average molecular weight is 285 g/mol. The molecule has 0 spiro atoms. The van der Waals surface area contributed by atoms with Gasteiger partial charge in [0, 0.05) is 0 Å². The highest BCUT2D eigenvalue weighted by molar-refractivity contribution is 5.98. The summed E-state index contributed by atoms with van der Waals surface area (Å²) in [5, 5.41) is 14.9. The summed E-state index contributed by atoms with van der Waals surface area (Å²) < 4.78 is 0. The summed E-state index contributed by atoms with van der Waals surface area (Å²) in [4.78, 5) is 23.0. The van der Waals surface area contributed by atoms with Crippen LogP contribution < -0.4 is 10.7 Å². The van der Waals surface area contributed by atoms with Crippen molar-refractivity contribution in [1.82, 2.24) is 15.8 Å². The number of carbonyl (C=O) groups is 2. The molecule has 1 unspecified atom stereocenters. The molecule has 3 N–H and O–H groups in total. The van der Waals surface area contributed by atoms with Crippen LogP contribution in [-0.4, -0.2) is 28.3 Å². The number of fused-ring (bicyclic) bond motifs is 1. The second-order valence-corrected chi connectivity index (χ2v) is 4.99. The fraction of sp³-hybridized carbons (Fsp3) is 0.200. The van der Waals surface area contributed by atoms with E-state index < -0.39 is 18.2 Å². The Balaban J connectivity index is 1.96. The quantitative estimate of drug-likeness (QED) is 0.769. The van der Waals surface area contributed by atoms with Crippen LogP contribution in [0.15, 0.2) is 36.4 Å². The lowest BCUT2D eigenvalue weighted by Crippen LogP contribution is -2.63. The number of aliphatic hydroxyl groups excluding tert-OH is 1. The highest BCUT2D eigenvalue weighted by Gasteiger charge is 2.30. The third-order valence-electron chi connectivity index (χ3n) is 3.59. The van der Waals surface area contributed by atoms with Crippen LogP contribution in [0, 0.1) is 6.92 Å². The molecule has 108 valence electrons. The Hall–Kier alpha value is -2.44. The summed E-state index contributed by atoms with van der Waals surface area (Å²) in [6, 6.07) is 11.3. The molecule has 1 aliphatic rings. The second kappa shape index (κ2) is 5.16. The number of aryl methyl sites for hydroxylation is 1. The molecule has 1 heterocycles. The lowest BCUT2D eigenvalue weighted by molar-refractivity contribution is -0.135. The van der Waals surface area contributed by atoms with Gasteiger partial charge in [-0.05, 0) is 28.8 Å². The van der Waals surface area contributed by atoms with Crippen LogP contribution in [0.1, 0.15) is 11.1 Å². The molecule has 1 fully saturated rings. The zero-order valence-electron chi connectivity index (χ0n) is 11.5. The van der Waals surface area contributed by atoms with Gasteiger partial charge in [0.2, 0.25) is 6.23 Å². The van der Waals surface area contributed by atoms with Crippen LogP contribution in [-0.2, 0) is 11.3 Å². The Labute approximate surface area is 121 Å². The lowest BCUT2D eigenvalue weighted by atomic mass is 9.99. The van der Waals surface area contributed by atoms with Crippen molar-refractivity contribution in [2.24, 2.45) is 0 Å². The molecule has 1 saturated heterocycles. The number of nitrogens with zero attached hydrogens (tertiary/aromatic N) is 1. The van der Waals surface area contributed by atoms with Gasteiger partial charge in [-0.3, -0.25) is 15.1 Å². The number of urea groups is 1. The van der Waals surface area contributed by atoms with E-state index in [1.165, 1.54) is 5.01 Å². The molecular formula is C15H15N3O3. The van der Waals surface area contributed by atoms with E-state index in [4.69, 9.17) is 0 Å². The van der Waals surface area contributed by atoms with Crippen LogP contribution in [0.5, 0.6) is 0 Å². The summed E-state index contributed by atoms with van der Waals surface area (Å²) in [6.45, 7) is 2.22. The third-order valence-corrected chi connectivity index (χ3v) is 3.59. The number of benzene rings is 2. The number of aliphatic hydroxyl groups is 1. The molecule has 0 radical (unpaired) electrons. The molecule has 21 heavy (non-hydrogen) atoms. The van der Waals surface area contributed by atoms with Gasteiger partial charge in [0.05, 0.1) is 6.54 Å². The predicted molar refractivity (Wildman–Crippen MR) is 76.9 cm³/mol. The van der Waals surface area contributed by atoms with Gasteiger partial charge in [-0.15, -0.1) is 0 Å². The van der Waals surface area contributed by atoms with E-state index in [2.05, 4.69) is 10.7 Å². The Kier molecular flexibility index (Phi) is 3.32. The van der Waals surface area contributed by atoms with Crippen LogP contribution >= 0.6 is 0 Å². The lowest BCUT2D eigenvalue weighted by Gasteiger charge is -2.31. The van der Waals surface area contributed by atoms with Gasteiger partial charge < -0.3 is 5.11 Å². The molecule has 0 aliphatic carbocycles. The zero-order chi connectivity index (χ0) is 15.0. The van der Waals surface area contributed by atoms with Gasteiger partial charge in [-0.1, -0.05) is 36.4 Å². The molecule has 0 saturated carbocycles. The third kappa shape index (κ3) is 2.46. The number of hydrazine groups is 1. The van der Waals surface area contributed by atoms with E-state index >= 15 is 0 Å². The van der Waals surface area contributed by atoms with Gasteiger partial charge >= 0.3 is 6.03 Å². The van der Waals surface area contributed by atoms with Gasteiger partial charge in [0.15, 0.2) is 0 Å². The minimum Gasteiger partial charge on any atom is -0.369 e. The van der Waals surface area contributed by atoms with Gasteiger partial charge in [-0.2, -0.15) is 5.43 Å². The van der Waals surface area contributed by atoms with Crippen molar-refractivity contribution in [1.29, 1.82) is 0 Å². The number of nitrogens with one attached hydrogen (secondary N) is 2. The van der Waals surface area contributed by atoms with Crippen LogP contribution in [0.3, 0.4) is 0 Å². The Morgan fingerprint density at radius 2 is 1.95 bits per heavy atom. The van der Waals surface area contributed by atoms with E-state index in [1.54, 1.807) is 0 Å². The first kappa shape index (κ1) is 13.5. The number of hydrogen-bond donors (Lipinski definition) is 3. The van der Waals surface area contributed by atoms with E-state index in [1.807, 2.05) is 43.3 Å². The van der Waals surface area contributed by atoms with E-state index in [0.29, 0.717) is 0 Å². The monoisotopic (exact) mass is 285 g/mol. The van der Waals surface area contributed by atoms with Crippen LogP contribution in [0.25, 0.3) is 10.8 Å². The number of rotatable bonds is 2. The van der Waals surface area contributed by atoms with E-state index in [-0.39, 0.29) is 6.54 Å². The summed E-state index contributed by atoms with van der Waals surface area (Å²) in [5.41, 5.74) is 4.49.